The van der Waals surface area contributed by atoms with E-state index in [2.05, 4.69) is 179 Å². The molecule has 444 valence electrons. The molecule has 6 heteroatoms. The van der Waals surface area contributed by atoms with Crippen LogP contribution in [0.3, 0.4) is 0 Å². The highest BCUT2D eigenvalue weighted by Crippen LogP contribution is 2.14. The normalized spacial score (nSPS) is 13.2. The molecule has 0 rings (SSSR count). The fraction of sp³-hybridized carbons (Fsp3) is 0.603. The molecule has 0 aliphatic rings. The third-order valence-electron chi connectivity index (χ3n) is 13.0. The predicted octanol–water partition coefficient (Wildman–Crippen LogP) is 22.1. The number of esters is 3. The topological polar surface area (TPSA) is 78.9 Å². The number of hydrogen-bond donors (Lipinski definition) is 0. The number of unbranched alkanes of at least 4 members (excludes halogenated alkanes) is 19. The van der Waals surface area contributed by atoms with Gasteiger partial charge in [0.2, 0.25) is 0 Å². The Kier molecular flexibility index (Phi) is 61.4. The minimum absolute atomic E-state index is 0.115. The van der Waals surface area contributed by atoms with Gasteiger partial charge in [-0.15, -0.1) is 0 Å². The van der Waals surface area contributed by atoms with Gasteiger partial charge in [-0.3, -0.25) is 14.4 Å². The molecule has 0 aliphatic carbocycles. The Hall–Kier alpha value is -4.97. The SMILES string of the molecule is CC/C=C\C/C=C\C/C=C\C/C=C\C/C=C\C/C=C\C/C=C\CCCCCCCC(=O)OCC(COC(=O)CCCCCCCCC/C=C\CCCCCCCC)OC(=O)CCC/C=C\C/C=C\C/C=C\C/C=C\C/C=C\CC. The predicted molar refractivity (Wildman–Crippen MR) is 343 cm³/mol. The average Bonchev–Trinajstić information content (AvgIpc) is 3.45. The molecule has 0 amide bonds. The molecule has 0 saturated heterocycles. The van der Waals surface area contributed by atoms with Crippen molar-refractivity contribution in [1.29, 1.82) is 0 Å². The molecule has 0 bridgehead atoms. The van der Waals surface area contributed by atoms with Crippen molar-refractivity contribution in [2.24, 2.45) is 0 Å². The van der Waals surface area contributed by atoms with Crippen molar-refractivity contribution in [1.82, 2.24) is 0 Å². The van der Waals surface area contributed by atoms with Crippen LogP contribution in [0.5, 0.6) is 0 Å². The minimum atomic E-state index is -0.827. The molecule has 0 aromatic heterocycles. The molecule has 0 aliphatic heterocycles. The van der Waals surface area contributed by atoms with Gasteiger partial charge in [-0.25, -0.2) is 0 Å². The summed E-state index contributed by atoms with van der Waals surface area (Å²) in [6, 6.07) is 0. The average molecular weight is 1090 g/mol. The molecule has 0 fully saturated rings. The molecular weight excluding hydrogens is 973 g/mol. The van der Waals surface area contributed by atoms with Crippen LogP contribution in [0, 0.1) is 0 Å². The maximum absolute atomic E-state index is 12.9. The molecule has 0 N–H and O–H groups in total. The molecule has 0 saturated carbocycles. The molecule has 1 unspecified atom stereocenters. The van der Waals surface area contributed by atoms with E-state index in [1.807, 2.05) is 0 Å². The van der Waals surface area contributed by atoms with Gasteiger partial charge in [-0.2, -0.15) is 0 Å². The van der Waals surface area contributed by atoms with Crippen LogP contribution in [-0.2, 0) is 28.6 Å². The van der Waals surface area contributed by atoms with Gasteiger partial charge in [0, 0.05) is 19.3 Å². The fourth-order valence-corrected chi connectivity index (χ4v) is 8.28. The number of carbonyl (C=O) groups excluding carboxylic acids is 3. The van der Waals surface area contributed by atoms with E-state index in [1.165, 1.54) is 77.0 Å². The molecule has 0 aromatic rings. The first kappa shape index (κ1) is 74.0. The van der Waals surface area contributed by atoms with Crippen LogP contribution in [0.15, 0.2) is 158 Å². The van der Waals surface area contributed by atoms with Crippen LogP contribution in [0.1, 0.15) is 265 Å². The van der Waals surface area contributed by atoms with Crippen molar-refractivity contribution >= 4 is 17.9 Å². The first-order valence-electron chi connectivity index (χ1n) is 32.0. The zero-order valence-electron chi connectivity index (χ0n) is 50.8. The number of carbonyl (C=O) groups is 3. The second-order valence-electron chi connectivity index (χ2n) is 20.5. The number of ether oxygens (including phenoxy) is 3. The zero-order valence-corrected chi connectivity index (χ0v) is 50.8. The van der Waals surface area contributed by atoms with Crippen molar-refractivity contribution in [2.45, 2.75) is 271 Å². The maximum Gasteiger partial charge on any atom is 0.306 e. The number of hydrogen-bond acceptors (Lipinski definition) is 6. The van der Waals surface area contributed by atoms with Gasteiger partial charge in [0.1, 0.15) is 13.2 Å². The lowest BCUT2D eigenvalue weighted by Crippen LogP contribution is -2.30. The van der Waals surface area contributed by atoms with Crippen LogP contribution in [0.25, 0.3) is 0 Å². The summed E-state index contributed by atoms with van der Waals surface area (Å²) >= 11 is 0. The standard InChI is InChI=1S/C73H116O6/c1-4-7-10-13-16-19-22-25-28-31-32-33-34-35-36-37-38-39-40-43-45-48-51-54-57-60-63-66-72(75)78-69-70(79-73(76)67-64-61-58-55-52-49-46-42-30-27-24-21-18-15-12-9-6-3)68-77-71(74)65-62-59-56-53-50-47-44-41-29-26-23-20-17-14-11-8-5-2/h7,9-10,12,16,18-19,21,25-30,32-33,35-36,38-39,43,45-46,49,55,58,70H,4-6,8,11,13-15,17,20,22-24,31,34,37,40-42,44,47-48,50-54,56-57,59-69H2,1-3H3/b10-7-,12-9-,19-16-,21-18-,28-25-,29-26-,30-27-,33-32-,36-35-,39-38-,45-43-,49-46-,58-55-. The lowest BCUT2D eigenvalue weighted by molar-refractivity contribution is -0.167. The first-order valence-corrected chi connectivity index (χ1v) is 32.0. The molecule has 0 spiro atoms. The molecule has 0 heterocycles. The van der Waals surface area contributed by atoms with Crippen molar-refractivity contribution in [2.75, 3.05) is 13.2 Å². The summed E-state index contributed by atoms with van der Waals surface area (Å²) in [7, 11) is 0. The Bertz CT molecular complexity index is 1780. The van der Waals surface area contributed by atoms with E-state index in [-0.39, 0.29) is 37.5 Å². The molecule has 1 atom stereocenters. The van der Waals surface area contributed by atoms with Gasteiger partial charge in [-0.05, 0) is 141 Å². The van der Waals surface area contributed by atoms with E-state index in [0.29, 0.717) is 19.3 Å². The Balaban J connectivity index is 4.50. The molecule has 6 nitrogen and oxygen atoms in total. The maximum atomic E-state index is 12.9. The summed E-state index contributed by atoms with van der Waals surface area (Å²) in [5, 5.41) is 0. The summed E-state index contributed by atoms with van der Waals surface area (Å²) in [6.45, 7) is 6.34. The van der Waals surface area contributed by atoms with E-state index < -0.39 is 6.10 Å². The highest BCUT2D eigenvalue weighted by Gasteiger charge is 2.19. The molecular formula is C73H116O6. The van der Waals surface area contributed by atoms with Crippen molar-refractivity contribution in [3.05, 3.63) is 158 Å². The van der Waals surface area contributed by atoms with E-state index in [0.717, 1.165) is 141 Å². The van der Waals surface area contributed by atoms with Gasteiger partial charge in [0.25, 0.3) is 0 Å². The van der Waals surface area contributed by atoms with Crippen LogP contribution >= 0.6 is 0 Å². The van der Waals surface area contributed by atoms with Gasteiger partial charge in [0.15, 0.2) is 6.10 Å². The Labute approximate surface area is 486 Å². The summed E-state index contributed by atoms with van der Waals surface area (Å²) in [6.07, 6.45) is 95.3. The smallest absolute Gasteiger partial charge is 0.306 e. The monoisotopic (exact) mass is 1090 g/mol. The number of allylic oxidation sites excluding steroid dienone is 26. The quantitative estimate of drug-likeness (QED) is 0.0261. The second kappa shape index (κ2) is 65.5. The Morgan fingerprint density at radius 2 is 0.506 bits per heavy atom. The second-order valence-corrected chi connectivity index (χ2v) is 20.5. The highest BCUT2D eigenvalue weighted by atomic mass is 16.6. The Morgan fingerprint density at radius 3 is 0.823 bits per heavy atom. The van der Waals surface area contributed by atoms with Gasteiger partial charge in [0.05, 0.1) is 0 Å². The third kappa shape index (κ3) is 63.7. The minimum Gasteiger partial charge on any atom is -0.462 e. The third-order valence-corrected chi connectivity index (χ3v) is 13.0. The fourth-order valence-electron chi connectivity index (χ4n) is 8.28. The van der Waals surface area contributed by atoms with E-state index in [1.54, 1.807) is 0 Å². The van der Waals surface area contributed by atoms with Crippen LogP contribution in [0.2, 0.25) is 0 Å². The van der Waals surface area contributed by atoms with E-state index in [4.69, 9.17) is 14.2 Å². The first-order chi connectivity index (χ1) is 39.0. The van der Waals surface area contributed by atoms with Crippen molar-refractivity contribution < 1.29 is 28.6 Å². The van der Waals surface area contributed by atoms with Gasteiger partial charge in [-0.1, -0.05) is 262 Å². The van der Waals surface area contributed by atoms with Gasteiger partial charge >= 0.3 is 17.9 Å². The summed E-state index contributed by atoms with van der Waals surface area (Å²) in [5.74, 6) is -1.00. The molecule has 0 radical (unpaired) electrons. The van der Waals surface area contributed by atoms with Crippen LogP contribution in [-0.4, -0.2) is 37.2 Å². The largest absolute Gasteiger partial charge is 0.462 e. The molecule has 79 heavy (non-hydrogen) atoms. The van der Waals surface area contributed by atoms with Crippen molar-refractivity contribution in [3.63, 3.8) is 0 Å². The molecule has 0 aromatic carbocycles. The van der Waals surface area contributed by atoms with Crippen LogP contribution in [0.4, 0.5) is 0 Å². The van der Waals surface area contributed by atoms with Gasteiger partial charge < -0.3 is 14.2 Å². The Morgan fingerprint density at radius 1 is 0.266 bits per heavy atom. The summed E-state index contributed by atoms with van der Waals surface area (Å²) in [5.41, 5.74) is 0. The number of rotatable bonds is 56. The lowest BCUT2D eigenvalue weighted by atomic mass is 10.1. The zero-order chi connectivity index (χ0) is 57.1. The van der Waals surface area contributed by atoms with Crippen LogP contribution < -0.4 is 0 Å². The lowest BCUT2D eigenvalue weighted by Gasteiger charge is -2.18. The van der Waals surface area contributed by atoms with Crippen molar-refractivity contribution in [3.8, 4) is 0 Å². The van der Waals surface area contributed by atoms with E-state index in [9.17, 15) is 14.4 Å². The highest BCUT2D eigenvalue weighted by molar-refractivity contribution is 5.71. The van der Waals surface area contributed by atoms with E-state index >= 15 is 0 Å². The summed E-state index contributed by atoms with van der Waals surface area (Å²) in [4.78, 5) is 38.3. The summed E-state index contributed by atoms with van der Waals surface area (Å²) < 4.78 is 16.9.